The molecule has 0 bridgehead atoms. The van der Waals surface area contributed by atoms with Crippen LogP contribution in [0, 0.1) is 0 Å². The highest BCUT2D eigenvalue weighted by atomic mass is 32.2. The van der Waals surface area contributed by atoms with E-state index in [9.17, 15) is 13.2 Å². The Morgan fingerprint density at radius 2 is 1.78 bits per heavy atom. The molecule has 1 aromatic carbocycles. The second kappa shape index (κ2) is 13.9. The third kappa shape index (κ3) is 7.60. The van der Waals surface area contributed by atoms with Gasteiger partial charge in [0.2, 0.25) is 0 Å². The first-order valence-corrected chi connectivity index (χ1v) is 15.4. The van der Waals surface area contributed by atoms with Gasteiger partial charge in [-0.2, -0.15) is 8.42 Å². The summed E-state index contributed by atoms with van der Waals surface area (Å²) in [6.07, 6.45) is 10.1. The highest BCUT2D eigenvalue weighted by molar-refractivity contribution is 8.19. The zero-order chi connectivity index (χ0) is 26.0. The van der Waals surface area contributed by atoms with E-state index in [0.29, 0.717) is 29.6 Å². The number of nitrogens with zero attached hydrogens (tertiary/aromatic N) is 2. The smallest absolute Gasteiger partial charge is 0.294 e. The molecular weight excluding hydrogens is 516 g/mol. The quantitative estimate of drug-likeness (QED) is 0.195. The van der Waals surface area contributed by atoms with Crippen LogP contribution in [-0.4, -0.2) is 44.7 Å². The lowest BCUT2D eigenvalue weighted by atomic mass is 10.1. The van der Waals surface area contributed by atoms with Gasteiger partial charge in [0, 0.05) is 6.54 Å². The number of sulfonamides is 1. The predicted molar refractivity (Wildman–Crippen MR) is 148 cm³/mol. The topological polar surface area (TPSA) is 85.3 Å². The van der Waals surface area contributed by atoms with Crippen LogP contribution < -0.4 is 9.47 Å². The molecule has 0 unspecified atom stereocenters. The summed E-state index contributed by atoms with van der Waals surface area (Å²) in [5, 5.41) is 1.84. The molecule has 10 heteroatoms. The lowest BCUT2D eigenvalue weighted by Gasteiger charge is -2.12. The molecule has 1 amide bonds. The van der Waals surface area contributed by atoms with Gasteiger partial charge in [-0.1, -0.05) is 57.6 Å². The summed E-state index contributed by atoms with van der Waals surface area (Å²) in [4.78, 5) is 14.8. The minimum Gasteiger partial charge on any atom is -0.493 e. The van der Waals surface area contributed by atoms with Crippen LogP contribution in [0.1, 0.15) is 64.4 Å². The molecule has 0 saturated carbocycles. The predicted octanol–water partition coefficient (Wildman–Crippen LogP) is 6.57. The summed E-state index contributed by atoms with van der Waals surface area (Å²) < 4.78 is 40.8. The number of amides is 1. The molecule has 1 fully saturated rings. The highest BCUT2D eigenvalue weighted by Crippen LogP contribution is 2.36. The Kier molecular flexibility index (Phi) is 10.9. The molecular formula is C26H34N2O5S3. The molecule has 0 radical (unpaired) electrons. The molecule has 1 saturated heterocycles. The van der Waals surface area contributed by atoms with Crippen molar-refractivity contribution in [1.82, 2.24) is 4.90 Å². The van der Waals surface area contributed by atoms with Crippen LogP contribution >= 0.6 is 23.1 Å². The largest absolute Gasteiger partial charge is 0.493 e. The van der Waals surface area contributed by atoms with Crippen LogP contribution in [0.3, 0.4) is 0 Å². The molecule has 0 aliphatic carbocycles. The van der Waals surface area contributed by atoms with E-state index in [2.05, 4.69) is 11.3 Å². The van der Waals surface area contributed by atoms with Crippen LogP contribution in [0.2, 0.25) is 0 Å². The van der Waals surface area contributed by atoms with Crippen LogP contribution in [-0.2, 0) is 14.8 Å². The van der Waals surface area contributed by atoms with E-state index in [0.717, 1.165) is 41.5 Å². The Bertz CT molecular complexity index is 1170. The number of carbonyl (C=O) groups excluding carboxylic acids is 1. The van der Waals surface area contributed by atoms with Crippen molar-refractivity contribution in [3.63, 3.8) is 0 Å². The zero-order valence-electron chi connectivity index (χ0n) is 21.1. The van der Waals surface area contributed by atoms with Crippen molar-refractivity contribution in [2.24, 2.45) is 4.40 Å². The Balaban J connectivity index is 1.71. The highest BCUT2D eigenvalue weighted by Gasteiger charge is 2.34. The number of hydrogen-bond acceptors (Lipinski definition) is 7. The number of rotatable bonds is 14. The van der Waals surface area contributed by atoms with E-state index in [1.807, 2.05) is 18.2 Å². The van der Waals surface area contributed by atoms with Gasteiger partial charge in [-0.3, -0.25) is 9.69 Å². The number of carbonyl (C=O) groups is 1. The Morgan fingerprint density at radius 1 is 1.03 bits per heavy atom. The molecule has 196 valence electrons. The van der Waals surface area contributed by atoms with Crippen molar-refractivity contribution in [1.29, 1.82) is 0 Å². The second-order valence-corrected chi connectivity index (χ2v) is 12.1. The van der Waals surface area contributed by atoms with Gasteiger partial charge < -0.3 is 9.47 Å². The maximum Gasteiger partial charge on any atom is 0.294 e. The van der Waals surface area contributed by atoms with Gasteiger partial charge in [-0.25, -0.2) is 0 Å². The number of hydrogen-bond donors (Lipinski definition) is 0. The van der Waals surface area contributed by atoms with Crippen LogP contribution in [0.25, 0.3) is 6.08 Å². The molecule has 0 atom stereocenters. The minimum absolute atomic E-state index is 0.148. The Labute approximate surface area is 222 Å². The van der Waals surface area contributed by atoms with Crippen molar-refractivity contribution in [2.45, 2.75) is 63.0 Å². The summed E-state index contributed by atoms with van der Waals surface area (Å²) in [5.74, 6) is 0.976. The first-order valence-electron chi connectivity index (χ1n) is 12.3. The average Bonchev–Trinajstić information content (AvgIpc) is 3.50. The first-order chi connectivity index (χ1) is 17.4. The fourth-order valence-corrected chi connectivity index (χ4v) is 6.91. The van der Waals surface area contributed by atoms with Gasteiger partial charge in [-0.05, 0) is 60.3 Å². The average molecular weight is 551 g/mol. The summed E-state index contributed by atoms with van der Waals surface area (Å²) in [5.41, 5.74) is 0.764. The Hall–Kier alpha value is -2.30. The molecule has 7 nitrogen and oxygen atoms in total. The van der Waals surface area contributed by atoms with Crippen LogP contribution in [0.15, 0.2) is 49.2 Å². The third-order valence-electron chi connectivity index (χ3n) is 5.64. The van der Waals surface area contributed by atoms with E-state index < -0.39 is 10.0 Å². The summed E-state index contributed by atoms with van der Waals surface area (Å²) in [6.45, 7) is 4.92. The number of likely N-dealkylation sites (N-methyl/N-ethyl adjacent to an activating group) is 1. The standard InChI is InChI=1S/C26H34N2O5S3/c1-4-6-7-8-9-10-11-16-33-22-18-20(14-15-21(22)32-3)19-23-25(29)28(5-2)26(35-23)27-36(30,31)24-13-12-17-34-24/h12-15,17-19H,4-11,16H2,1-3H3/b23-19-,27-26?. The van der Waals surface area contributed by atoms with Gasteiger partial charge in [-0.15, -0.1) is 15.7 Å². The van der Waals surface area contributed by atoms with Crippen molar-refractivity contribution in [2.75, 3.05) is 20.3 Å². The van der Waals surface area contributed by atoms with Crippen LogP contribution in [0.4, 0.5) is 0 Å². The number of thioether (sulfide) groups is 1. The summed E-state index contributed by atoms with van der Waals surface area (Å²) >= 11 is 2.16. The van der Waals surface area contributed by atoms with Gasteiger partial charge >= 0.3 is 0 Å². The normalized spacial score (nSPS) is 16.3. The van der Waals surface area contributed by atoms with Crippen molar-refractivity contribution < 1.29 is 22.7 Å². The number of ether oxygens (including phenoxy) is 2. The molecule has 1 aromatic heterocycles. The maximum atomic E-state index is 13.0. The van der Waals surface area contributed by atoms with Crippen molar-refractivity contribution in [3.8, 4) is 11.5 Å². The monoisotopic (exact) mass is 550 g/mol. The maximum absolute atomic E-state index is 13.0. The molecule has 1 aliphatic rings. The molecule has 1 aliphatic heterocycles. The lowest BCUT2D eigenvalue weighted by Crippen LogP contribution is -2.29. The van der Waals surface area contributed by atoms with E-state index in [1.165, 1.54) is 43.1 Å². The van der Waals surface area contributed by atoms with Crippen molar-refractivity contribution >= 4 is 50.3 Å². The number of methoxy groups -OCH3 is 1. The first kappa shape index (κ1) is 28.3. The van der Waals surface area contributed by atoms with Gasteiger partial charge in [0.1, 0.15) is 4.21 Å². The molecule has 36 heavy (non-hydrogen) atoms. The van der Waals surface area contributed by atoms with Gasteiger partial charge in [0.15, 0.2) is 16.7 Å². The number of unbranched alkanes of at least 4 members (excludes halogenated alkanes) is 6. The number of benzene rings is 1. The molecule has 3 rings (SSSR count). The molecule has 2 heterocycles. The fraction of sp³-hybridized carbons (Fsp3) is 0.462. The fourth-order valence-electron chi connectivity index (χ4n) is 3.70. The molecule has 2 aromatic rings. The summed E-state index contributed by atoms with van der Waals surface area (Å²) in [6, 6.07) is 8.65. The minimum atomic E-state index is -3.87. The zero-order valence-corrected chi connectivity index (χ0v) is 23.5. The van der Waals surface area contributed by atoms with E-state index in [-0.39, 0.29) is 15.3 Å². The van der Waals surface area contributed by atoms with E-state index in [1.54, 1.807) is 31.6 Å². The lowest BCUT2D eigenvalue weighted by molar-refractivity contribution is -0.122. The third-order valence-corrected chi connectivity index (χ3v) is 9.40. The van der Waals surface area contributed by atoms with Gasteiger partial charge in [0.25, 0.3) is 15.9 Å². The molecule has 0 N–H and O–H groups in total. The molecule has 0 spiro atoms. The Morgan fingerprint density at radius 3 is 2.44 bits per heavy atom. The number of thiophene rings is 1. The summed E-state index contributed by atoms with van der Waals surface area (Å²) in [7, 11) is -2.28. The SMILES string of the molecule is CCCCCCCCCOc1cc(/C=C2\SC(=NS(=O)(=O)c3cccs3)N(CC)C2=O)ccc1OC. The van der Waals surface area contributed by atoms with Crippen LogP contribution in [0.5, 0.6) is 11.5 Å². The second-order valence-electron chi connectivity index (χ2n) is 8.32. The van der Waals surface area contributed by atoms with Gasteiger partial charge in [0.05, 0.1) is 18.6 Å². The van der Waals surface area contributed by atoms with Crippen molar-refractivity contribution in [3.05, 3.63) is 46.2 Å². The number of amidine groups is 1. The van der Waals surface area contributed by atoms with E-state index >= 15 is 0 Å². The van der Waals surface area contributed by atoms with E-state index in [4.69, 9.17) is 9.47 Å².